The van der Waals surface area contributed by atoms with Gasteiger partial charge in [0.1, 0.15) is 0 Å². The Labute approximate surface area is 135 Å². The molecule has 0 aliphatic rings. The first-order chi connectivity index (χ1) is 7.04. The summed E-state index contributed by atoms with van der Waals surface area (Å²) in [5, 5.41) is 8.94. The summed E-state index contributed by atoms with van der Waals surface area (Å²) in [5.74, 6) is -2.51. The number of carbonyl (C=O) groups excluding carboxylic acids is 1. The summed E-state index contributed by atoms with van der Waals surface area (Å²) in [6.07, 6.45) is 2.02. The minimum absolute atomic E-state index is 0. The van der Waals surface area contributed by atoms with Crippen LogP contribution in [0.25, 0.3) is 0 Å². The van der Waals surface area contributed by atoms with Crippen molar-refractivity contribution in [2.24, 2.45) is 11.8 Å². The lowest BCUT2D eigenvalue weighted by Crippen LogP contribution is -2.29. The molecule has 0 radical (unpaired) electrons. The Morgan fingerprint density at radius 1 is 0.952 bits per heavy atom. The van der Waals surface area contributed by atoms with Crippen molar-refractivity contribution in [3.63, 3.8) is 0 Å². The Morgan fingerprint density at radius 3 is 1.67 bits per heavy atom. The van der Waals surface area contributed by atoms with Gasteiger partial charge in [-0.25, -0.2) is 0 Å². The van der Waals surface area contributed by atoms with E-state index in [1.165, 1.54) is 0 Å². The van der Waals surface area contributed by atoms with Gasteiger partial charge >= 0.3 is 11.9 Å². The SMILES string of the molecule is C.C.C.C.C.C.CCCOC(=O)C(C)C(CCC)C(=O)O. The zero-order valence-corrected chi connectivity index (χ0v) is 9.66. The van der Waals surface area contributed by atoms with Crippen LogP contribution in [0.2, 0.25) is 0 Å². The van der Waals surface area contributed by atoms with E-state index in [0.29, 0.717) is 13.0 Å². The first-order valence-electron chi connectivity index (χ1n) is 5.44. The highest BCUT2D eigenvalue weighted by Crippen LogP contribution is 2.19. The van der Waals surface area contributed by atoms with Crippen molar-refractivity contribution >= 4 is 11.9 Å². The lowest BCUT2D eigenvalue weighted by atomic mass is 9.90. The van der Waals surface area contributed by atoms with Gasteiger partial charge in [-0.05, 0) is 12.8 Å². The van der Waals surface area contributed by atoms with Crippen LogP contribution in [0.5, 0.6) is 0 Å². The quantitative estimate of drug-likeness (QED) is 0.595. The van der Waals surface area contributed by atoms with Crippen LogP contribution in [0, 0.1) is 11.8 Å². The van der Waals surface area contributed by atoms with E-state index in [-0.39, 0.29) is 44.6 Å². The van der Waals surface area contributed by atoms with Gasteiger partial charge < -0.3 is 9.84 Å². The Hall–Kier alpha value is -1.06. The van der Waals surface area contributed by atoms with Gasteiger partial charge in [-0.1, -0.05) is 71.8 Å². The van der Waals surface area contributed by atoms with Gasteiger partial charge in [0, 0.05) is 0 Å². The van der Waals surface area contributed by atoms with Gasteiger partial charge in [0.25, 0.3) is 0 Å². The molecule has 0 aromatic rings. The van der Waals surface area contributed by atoms with Crippen molar-refractivity contribution < 1.29 is 19.4 Å². The fraction of sp³-hybridized carbons (Fsp3) is 0.882. The number of aliphatic carboxylic acids is 1. The van der Waals surface area contributed by atoms with Crippen LogP contribution in [0.3, 0.4) is 0 Å². The van der Waals surface area contributed by atoms with E-state index in [1.807, 2.05) is 13.8 Å². The molecule has 2 atom stereocenters. The van der Waals surface area contributed by atoms with E-state index in [2.05, 4.69) is 0 Å². The van der Waals surface area contributed by atoms with Crippen LogP contribution in [0.4, 0.5) is 0 Å². The molecule has 0 saturated carbocycles. The molecule has 136 valence electrons. The third-order valence-corrected chi connectivity index (χ3v) is 2.34. The molecule has 0 heterocycles. The molecule has 2 unspecified atom stereocenters. The van der Waals surface area contributed by atoms with Crippen molar-refractivity contribution in [3.8, 4) is 0 Å². The molecule has 0 rings (SSSR count). The van der Waals surface area contributed by atoms with Crippen LogP contribution in [0.15, 0.2) is 0 Å². The van der Waals surface area contributed by atoms with Crippen molar-refractivity contribution in [1.82, 2.24) is 0 Å². The number of rotatable bonds is 7. The normalized spacial score (nSPS) is 10.2. The van der Waals surface area contributed by atoms with Gasteiger partial charge in [0.2, 0.25) is 0 Å². The highest BCUT2D eigenvalue weighted by molar-refractivity contribution is 5.80. The second-order valence-electron chi connectivity index (χ2n) is 3.69. The van der Waals surface area contributed by atoms with Crippen molar-refractivity contribution in [2.75, 3.05) is 6.61 Å². The zero-order chi connectivity index (χ0) is 11.8. The number of hydrogen-bond donors (Lipinski definition) is 1. The second kappa shape index (κ2) is 24.0. The molecule has 0 saturated heterocycles. The first-order valence-corrected chi connectivity index (χ1v) is 5.44. The maximum absolute atomic E-state index is 11.4. The Bertz CT molecular complexity index is 215. The molecule has 0 aliphatic heterocycles. The lowest BCUT2D eigenvalue weighted by Gasteiger charge is -2.18. The van der Waals surface area contributed by atoms with Crippen molar-refractivity contribution in [3.05, 3.63) is 0 Å². The summed E-state index contributed by atoms with van der Waals surface area (Å²) >= 11 is 0. The van der Waals surface area contributed by atoms with E-state index in [9.17, 15) is 9.59 Å². The molecular weight excluding hydrogens is 268 g/mol. The van der Waals surface area contributed by atoms with Crippen LogP contribution >= 0.6 is 0 Å². The molecule has 0 aromatic heterocycles. The van der Waals surface area contributed by atoms with Gasteiger partial charge in [-0.3, -0.25) is 9.59 Å². The lowest BCUT2D eigenvalue weighted by molar-refractivity contribution is -0.157. The van der Waals surface area contributed by atoms with Gasteiger partial charge in [0.05, 0.1) is 18.4 Å². The summed E-state index contributed by atoms with van der Waals surface area (Å²) in [6, 6.07) is 0. The number of esters is 1. The van der Waals surface area contributed by atoms with E-state index >= 15 is 0 Å². The molecule has 0 fully saturated rings. The number of hydrogen-bond acceptors (Lipinski definition) is 3. The molecule has 0 amide bonds. The highest BCUT2D eigenvalue weighted by Gasteiger charge is 2.30. The maximum Gasteiger partial charge on any atom is 0.309 e. The summed E-state index contributed by atoms with van der Waals surface area (Å²) < 4.78 is 4.93. The van der Waals surface area contributed by atoms with Gasteiger partial charge in [-0.2, -0.15) is 0 Å². The van der Waals surface area contributed by atoms with E-state index < -0.39 is 23.8 Å². The van der Waals surface area contributed by atoms with Crippen LogP contribution in [0.1, 0.15) is 84.6 Å². The molecule has 4 nitrogen and oxygen atoms in total. The highest BCUT2D eigenvalue weighted by atomic mass is 16.5. The standard InChI is InChI=1S/C11H20O4.6CH4/c1-4-6-9(10(12)13)8(3)11(14)15-7-5-2;;;;;;/h8-9H,4-7H2,1-3H3,(H,12,13);6*1H4. The molecular formula is C17H44O4. The Kier molecular flexibility index (Phi) is 48.8. The molecule has 0 aliphatic carbocycles. The topological polar surface area (TPSA) is 63.6 Å². The average molecular weight is 313 g/mol. The fourth-order valence-electron chi connectivity index (χ4n) is 1.40. The predicted molar refractivity (Wildman–Crippen MR) is 96.8 cm³/mol. The summed E-state index contributed by atoms with van der Waals surface area (Å²) in [4.78, 5) is 22.3. The number of carboxylic acids is 1. The molecule has 4 heteroatoms. The van der Waals surface area contributed by atoms with Crippen LogP contribution in [-0.4, -0.2) is 23.7 Å². The number of carbonyl (C=O) groups is 2. The minimum atomic E-state index is -0.919. The maximum atomic E-state index is 11.4. The van der Waals surface area contributed by atoms with E-state index in [0.717, 1.165) is 12.8 Å². The van der Waals surface area contributed by atoms with E-state index in [1.54, 1.807) is 6.92 Å². The van der Waals surface area contributed by atoms with Crippen molar-refractivity contribution in [1.29, 1.82) is 0 Å². The number of carboxylic acid groups (broad SMARTS) is 1. The smallest absolute Gasteiger partial charge is 0.309 e. The van der Waals surface area contributed by atoms with E-state index in [4.69, 9.17) is 9.84 Å². The predicted octanol–water partition coefficient (Wildman–Crippen LogP) is 5.89. The van der Waals surface area contributed by atoms with Gasteiger partial charge in [0.15, 0.2) is 0 Å². The summed E-state index contributed by atoms with van der Waals surface area (Å²) in [5.41, 5.74) is 0. The Morgan fingerprint density at radius 2 is 1.38 bits per heavy atom. The third kappa shape index (κ3) is 16.9. The largest absolute Gasteiger partial charge is 0.481 e. The molecule has 1 N–H and O–H groups in total. The third-order valence-electron chi connectivity index (χ3n) is 2.34. The second-order valence-corrected chi connectivity index (χ2v) is 3.69. The fourth-order valence-corrected chi connectivity index (χ4v) is 1.40. The number of ether oxygens (including phenoxy) is 1. The minimum Gasteiger partial charge on any atom is -0.481 e. The van der Waals surface area contributed by atoms with Crippen LogP contribution < -0.4 is 0 Å². The first kappa shape index (κ1) is 42.7. The summed E-state index contributed by atoms with van der Waals surface area (Å²) in [6.45, 7) is 5.78. The molecule has 0 spiro atoms. The zero-order valence-electron chi connectivity index (χ0n) is 9.66. The van der Waals surface area contributed by atoms with Gasteiger partial charge in [-0.15, -0.1) is 0 Å². The Balaban J connectivity index is -0.0000000653. The monoisotopic (exact) mass is 312 g/mol. The molecule has 21 heavy (non-hydrogen) atoms. The molecule has 0 aromatic carbocycles. The van der Waals surface area contributed by atoms with Crippen LogP contribution in [-0.2, 0) is 14.3 Å². The summed E-state index contributed by atoms with van der Waals surface area (Å²) in [7, 11) is 0. The average Bonchev–Trinajstić information content (AvgIpc) is 2.21. The van der Waals surface area contributed by atoms with Crippen molar-refractivity contribution in [2.45, 2.75) is 84.6 Å². The molecule has 0 bridgehead atoms.